The number of carbonyl (C=O) groups is 1. The van der Waals surface area contributed by atoms with Crippen molar-refractivity contribution in [2.24, 2.45) is 5.73 Å². The second-order valence-electron chi connectivity index (χ2n) is 4.52. The first-order valence-corrected chi connectivity index (χ1v) is 6.10. The molecular formula is C13H19ClN2O. The Hall–Kier alpha value is -1.06. The number of rotatable bonds is 4. The summed E-state index contributed by atoms with van der Waals surface area (Å²) < 4.78 is 0. The van der Waals surface area contributed by atoms with Crippen LogP contribution in [0.2, 0.25) is 5.02 Å². The number of halogens is 1. The Balaban J connectivity index is 2.70. The molecule has 0 spiro atoms. The normalized spacial score (nSPS) is 16.1. The number of hydrogen-bond acceptors (Lipinski definition) is 2. The molecule has 0 bridgehead atoms. The zero-order chi connectivity index (χ0) is 13.1. The van der Waals surface area contributed by atoms with Crippen molar-refractivity contribution in [1.82, 2.24) is 5.32 Å². The van der Waals surface area contributed by atoms with E-state index in [9.17, 15) is 4.79 Å². The second kappa shape index (κ2) is 5.52. The van der Waals surface area contributed by atoms with Crippen molar-refractivity contribution >= 4 is 17.5 Å². The molecule has 0 saturated heterocycles. The molecule has 2 unspecified atom stereocenters. The second-order valence-corrected chi connectivity index (χ2v) is 4.95. The number of nitrogens with one attached hydrogen (secondary N) is 1. The average molecular weight is 255 g/mol. The van der Waals surface area contributed by atoms with E-state index in [1.165, 1.54) is 0 Å². The molecule has 1 amide bonds. The zero-order valence-corrected chi connectivity index (χ0v) is 11.2. The van der Waals surface area contributed by atoms with Crippen molar-refractivity contribution in [3.8, 4) is 0 Å². The van der Waals surface area contributed by atoms with Crippen molar-refractivity contribution in [2.45, 2.75) is 38.8 Å². The lowest BCUT2D eigenvalue weighted by Crippen LogP contribution is -2.51. The lowest BCUT2D eigenvalue weighted by atomic mass is 9.98. The maximum absolute atomic E-state index is 11.9. The first kappa shape index (κ1) is 14.0. The van der Waals surface area contributed by atoms with Crippen LogP contribution in [0.25, 0.3) is 0 Å². The fourth-order valence-corrected chi connectivity index (χ4v) is 1.48. The Morgan fingerprint density at radius 2 is 2.00 bits per heavy atom. The maximum atomic E-state index is 11.9. The Morgan fingerprint density at radius 1 is 1.47 bits per heavy atom. The van der Waals surface area contributed by atoms with Gasteiger partial charge in [-0.05, 0) is 38.0 Å². The van der Waals surface area contributed by atoms with E-state index in [0.717, 1.165) is 5.56 Å². The van der Waals surface area contributed by atoms with Crippen LogP contribution in [0, 0.1) is 0 Å². The third kappa shape index (κ3) is 3.72. The number of amides is 1. The monoisotopic (exact) mass is 254 g/mol. The minimum absolute atomic E-state index is 0.0748. The fourth-order valence-electron chi connectivity index (χ4n) is 1.36. The van der Waals surface area contributed by atoms with Crippen LogP contribution >= 0.6 is 11.6 Å². The highest BCUT2D eigenvalue weighted by Gasteiger charge is 2.27. The largest absolute Gasteiger partial charge is 0.348 e. The summed E-state index contributed by atoms with van der Waals surface area (Å²) in [5.74, 6) is -0.137. The molecular weight excluding hydrogens is 236 g/mol. The molecule has 3 nitrogen and oxygen atoms in total. The summed E-state index contributed by atoms with van der Waals surface area (Å²) >= 11 is 5.81. The Bertz CT molecular complexity index is 387. The lowest BCUT2D eigenvalue weighted by Gasteiger charge is -2.24. The predicted molar refractivity (Wildman–Crippen MR) is 70.9 cm³/mol. The van der Waals surface area contributed by atoms with E-state index in [-0.39, 0.29) is 11.9 Å². The van der Waals surface area contributed by atoms with Gasteiger partial charge in [-0.2, -0.15) is 0 Å². The molecule has 94 valence electrons. The van der Waals surface area contributed by atoms with E-state index in [0.29, 0.717) is 11.4 Å². The Kier molecular flexibility index (Phi) is 4.54. The number of benzene rings is 1. The van der Waals surface area contributed by atoms with Gasteiger partial charge in [0.2, 0.25) is 5.91 Å². The minimum atomic E-state index is -0.819. The Labute approximate surface area is 107 Å². The number of hydrogen-bond donors (Lipinski definition) is 2. The highest BCUT2D eigenvalue weighted by molar-refractivity contribution is 6.30. The molecule has 0 radical (unpaired) electrons. The van der Waals surface area contributed by atoms with E-state index in [2.05, 4.69) is 5.32 Å². The van der Waals surface area contributed by atoms with Crippen LogP contribution < -0.4 is 11.1 Å². The number of carbonyl (C=O) groups excluding carboxylic acids is 1. The van der Waals surface area contributed by atoms with Gasteiger partial charge in [0.1, 0.15) is 0 Å². The summed E-state index contributed by atoms with van der Waals surface area (Å²) in [5.41, 5.74) is 6.07. The van der Waals surface area contributed by atoms with Gasteiger partial charge in [-0.15, -0.1) is 0 Å². The van der Waals surface area contributed by atoms with Crippen LogP contribution in [0.15, 0.2) is 24.3 Å². The molecule has 1 rings (SSSR count). The lowest BCUT2D eigenvalue weighted by molar-refractivity contribution is -0.126. The van der Waals surface area contributed by atoms with E-state index in [1.807, 2.05) is 26.0 Å². The van der Waals surface area contributed by atoms with Crippen molar-refractivity contribution < 1.29 is 4.79 Å². The molecule has 4 heteroatoms. The van der Waals surface area contributed by atoms with Crippen LogP contribution in [0.5, 0.6) is 0 Å². The van der Waals surface area contributed by atoms with Crippen molar-refractivity contribution in [2.75, 3.05) is 0 Å². The van der Waals surface area contributed by atoms with Crippen LogP contribution in [0.4, 0.5) is 0 Å². The third-order valence-electron chi connectivity index (χ3n) is 2.97. The molecule has 1 aromatic rings. The fraction of sp³-hybridized carbons (Fsp3) is 0.462. The van der Waals surface area contributed by atoms with Gasteiger partial charge in [-0.3, -0.25) is 4.79 Å². The van der Waals surface area contributed by atoms with Crippen LogP contribution in [-0.4, -0.2) is 11.4 Å². The summed E-state index contributed by atoms with van der Waals surface area (Å²) in [4.78, 5) is 11.9. The Morgan fingerprint density at radius 3 is 2.47 bits per heavy atom. The first-order valence-electron chi connectivity index (χ1n) is 5.72. The third-order valence-corrected chi connectivity index (χ3v) is 3.22. The molecule has 0 aliphatic heterocycles. The quantitative estimate of drug-likeness (QED) is 0.868. The van der Waals surface area contributed by atoms with Crippen molar-refractivity contribution in [1.29, 1.82) is 0 Å². The zero-order valence-electron chi connectivity index (χ0n) is 10.5. The van der Waals surface area contributed by atoms with Crippen molar-refractivity contribution in [3.05, 3.63) is 34.9 Å². The van der Waals surface area contributed by atoms with Crippen LogP contribution in [-0.2, 0) is 4.79 Å². The molecule has 3 N–H and O–H groups in total. The van der Waals surface area contributed by atoms with Crippen LogP contribution in [0.3, 0.4) is 0 Å². The molecule has 0 aromatic heterocycles. The van der Waals surface area contributed by atoms with Gasteiger partial charge < -0.3 is 11.1 Å². The molecule has 0 aliphatic rings. The van der Waals surface area contributed by atoms with Gasteiger partial charge >= 0.3 is 0 Å². The SMILES string of the molecule is CCC(C)(N)C(=O)NC(C)c1ccc(Cl)cc1. The molecule has 1 aromatic carbocycles. The van der Waals surface area contributed by atoms with Gasteiger partial charge in [0.05, 0.1) is 11.6 Å². The van der Waals surface area contributed by atoms with Gasteiger partial charge in [-0.25, -0.2) is 0 Å². The van der Waals surface area contributed by atoms with E-state index >= 15 is 0 Å². The van der Waals surface area contributed by atoms with E-state index in [4.69, 9.17) is 17.3 Å². The van der Waals surface area contributed by atoms with Gasteiger partial charge in [0.15, 0.2) is 0 Å². The summed E-state index contributed by atoms with van der Waals surface area (Å²) in [6, 6.07) is 7.33. The summed E-state index contributed by atoms with van der Waals surface area (Å²) in [6.45, 7) is 5.55. The predicted octanol–water partition coefficient (Wildman–Crippen LogP) is 2.64. The molecule has 0 heterocycles. The summed E-state index contributed by atoms with van der Waals surface area (Å²) in [5, 5.41) is 3.58. The van der Waals surface area contributed by atoms with Crippen molar-refractivity contribution in [3.63, 3.8) is 0 Å². The van der Waals surface area contributed by atoms with Gasteiger partial charge in [0, 0.05) is 5.02 Å². The molecule has 17 heavy (non-hydrogen) atoms. The van der Waals surface area contributed by atoms with Gasteiger partial charge in [-0.1, -0.05) is 30.7 Å². The molecule has 0 aliphatic carbocycles. The van der Waals surface area contributed by atoms with E-state index < -0.39 is 5.54 Å². The summed E-state index contributed by atoms with van der Waals surface area (Å²) in [7, 11) is 0. The summed E-state index contributed by atoms with van der Waals surface area (Å²) in [6.07, 6.45) is 0.603. The minimum Gasteiger partial charge on any atom is -0.348 e. The van der Waals surface area contributed by atoms with Crippen LogP contribution in [0.1, 0.15) is 38.8 Å². The molecule has 2 atom stereocenters. The van der Waals surface area contributed by atoms with E-state index in [1.54, 1.807) is 19.1 Å². The maximum Gasteiger partial charge on any atom is 0.240 e. The highest BCUT2D eigenvalue weighted by Crippen LogP contribution is 2.17. The first-order chi connectivity index (χ1) is 7.86. The van der Waals surface area contributed by atoms with Gasteiger partial charge in [0.25, 0.3) is 0 Å². The smallest absolute Gasteiger partial charge is 0.240 e. The molecule has 0 fully saturated rings. The average Bonchev–Trinajstić information content (AvgIpc) is 2.29. The topological polar surface area (TPSA) is 55.1 Å². The molecule has 0 saturated carbocycles. The highest BCUT2D eigenvalue weighted by atomic mass is 35.5. The number of nitrogens with two attached hydrogens (primary N) is 1. The standard InChI is InChI=1S/C13H19ClN2O/c1-4-13(3,15)12(17)16-9(2)10-5-7-11(14)8-6-10/h5-9H,4,15H2,1-3H3,(H,16,17).